The van der Waals surface area contributed by atoms with E-state index in [0.717, 1.165) is 19.2 Å². The highest BCUT2D eigenvalue weighted by molar-refractivity contribution is 6.08. The highest BCUT2D eigenvalue weighted by Crippen LogP contribution is 1.90. The molecule has 0 nitrogen and oxygen atoms in total. The van der Waals surface area contributed by atoms with Crippen LogP contribution < -0.4 is 0 Å². The summed E-state index contributed by atoms with van der Waals surface area (Å²) in [6.45, 7) is 3.54. The van der Waals surface area contributed by atoms with Crippen LogP contribution in [0.3, 0.4) is 0 Å². The van der Waals surface area contributed by atoms with Crippen molar-refractivity contribution in [1.82, 2.24) is 0 Å². The summed E-state index contributed by atoms with van der Waals surface area (Å²) < 4.78 is 0. The molecule has 0 saturated heterocycles. The maximum absolute atomic E-state index is 5.17. The number of hydrogen-bond acceptors (Lipinski definition) is 0. The van der Waals surface area contributed by atoms with Gasteiger partial charge in [-0.1, -0.05) is 18.8 Å². The Labute approximate surface area is 40.7 Å². The van der Waals surface area contributed by atoms with Crippen molar-refractivity contribution >= 4 is 7.85 Å². The van der Waals surface area contributed by atoms with Gasteiger partial charge in [0.05, 0.1) is 7.85 Å². The van der Waals surface area contributed by atoms with Crippen LogP contribution in [0, 0.1) is 0 Å². The van der Waals surface area contributed by atoms with Crippen LogP contribution in [0.25, 0.3) is 0 Å². The van der Waals surface area contributed by atoms with Crippen molar-refractivity contribution in [2.75, 3.05) is 0 Å². The molecule has 0 unspecified atom stereocenters. The molecule has 32 valence electrons. The molecular formula is C5H9B. The molecule has 0 spiro atoms. The van der Waals surface area contributed by atoms with Crippen LogP contribution in [0.1, 0.15) is 12.8 Å². The highest BCUT2D eigenvalue weighted by atomic mass is 13.7. The van der Waals surface area contributed by atoms with E-state index in [0.29, 0.717) is 0 Å². The van der Waals surface area contributed by atoms with E-state index in [1.165, 1.54) is 0 Å². The van der Waals surface area contributed by atoms with Gasteiger partial charge in [-0.25, -0.2) is 0 Å². The topological polar surface area (TPSA) is 0 Å². The van der Waals surface area contributed by atoms with Gasteiger partial charge in [-0.2, -0.15) is 0 Å². The number of unbranched alkanes of at least 4 members (excludes halogenated alkanes) is 1. The fourth-order valence-corrected chi connectivity index (χ4v) is 0.262. The highest BCUT2D eigenvalue weighted by Gasteiger charge is 1.71. The van der Waals surface area contributed by atoms with Gasteiger partial charge in [-0.3, -0.25) is 0 Å². The second-order valence-electron chi connectivity index (χ2n) is 1.22. The summed E-state index contributed by atoms with van der Waals surface area (Å²) in [6, 6.07) is 0. The minimum absolute atomic E-state index is 0.784. The average molecular weight is 79.9 g/mol. The Bertz CT molecular complexity index is 32.9. The smallest absolute Gasteiger partial charge is 0.0653 e. The summed E-state index contributed by atoms with van der Waals surface area (Å²) >= 11 is 0. The predicted octanol–water partition coefficient (Wildman–Crippen LogP) is 1.54. The van der Waals surface area contributed by atoms with E-state index in [1.807, 2.05) is 6.08 Å². The summed E-state index contributed by atoms with van der Waals surface area (Å²) in [4.78, 5) is 0. The largest absolute Gasteiger partial charge is 0.103 e. The van der Waals surface area contributed by atoms with E-state index in [1.54, 1.807) is 0 Å². The molecule has 0 aromatic heterocycles. The van der Waals surface area contributed by atoms with Gasteiger partial charge in [0, 0.05) is 0 Å². The summed E-state index contributed by atoms with van der Waals surface area (Å²) in [5.41, 5.74) is 0. The Morgan fingerprint density at radius 1 is 1.67 bits per heavy atom. The van der Waals surface area contributed by atoms with Crippen molar-refractivity contribution in [1.29, 1.82) is 0 Å². The lowest BCUT2D eigenvalue weighted by molar-refractivity contribution is 0.958. The van der Waals surface area contributed by atoms with Crippen molar-refractivity contribution in [3.8, 4) is 0 Å². The van der Waals surface area contributed by atoms with Gasteiger partial charge < -0.3 is 0 Å². The lowest BCUT2D eigenvalue weighted by Gasteiger charge is -1.82. The Balaban J connectivity index is 2.49. The zero-order valence-electron chi connectivity index (χ0n) is 3.98. The first-order valence-corrected chi connectivity index (χ1v) is 2.22. The summed E-state index contributed by atoms with van der Waals surface area (Å²) in [5, 5.41) is 0. The minimum atomic E-state index is 0.784. The molecule has 0 saturated carbocycles. The Morgan fingerprint density at radius 2 is 2.33 bits per heavy atom. The van der Waals surface area contributed by atoms with Crippen LogP contribution >= 0.6 is 0 Å². The normalized spacial score (nSPS) is 8.00. The molecule has 0 aliphatic heterocycles. The summed E-state index contributed by atoms with van der Waals surface area (Å²) in [7, 11) is 5.17. The molecule has 0 N–H and O–H groups in total. The standard InChI is InChI=1S/C5H9B/c1-2-3-4-5-6/h2H,1,3-5H2. The molecule has 6 heavy (non-hydrogen) atoms. The second kappa shape index (κ2) is 4.80. The molecule has 0 atom stereocenters. The van der Waals surface area contributed by atoms with Crippen molar-refractivity contribution in [3.63, 3.8) is 0 Å². The molecule has 0 amide bonds. The van der Waals surface area contributed by atoms with Crippen LogP contribution in [0.2, 0.25) is 6.32 Å². The van der Waals surface area contributed by atoms with E-state index in [4.69, 9.17) is 7.85 Å². The van der Waals surface area contributed by atoms with Gasteiger partial charge in [-0.15, -0.1) is 6.58 Å². The van der Waals surface area contributed by atoms with Gasteiger partial charge in [0.2, 0.25) is 0 Å². The first-order chi connectivity index (χ1) is 2.91. The molecule has 0 bridgehead atoms. The molecule has 0 aliphatic rings. The summed E-state index contributed by atoms with van der Waals surface area (Å²) in [6.07, 6.45) is 4.79. The fourth-order valence-electron chi connectivity index (χ4n) is 0.262. The maximum Gasteiger partial charge on any atom is 0.0653 e. The lowest BCUT2D eigenvalue weighted by Crippen LogP contribution is -1.65. The van der Waals surface area contributed by atoms with E-state index in [2.05, 4.69) is 6.58 Å². The first-order valence-electron chi connectivity index (χ1n) is 2.22. The van der Waals surface area contributed by atoms with Crippen LogP contribution in [0.5, 0.6) is 0 Å². The van der Waals surface area contributed by atoms with E-state index in [-0.39, 0.29) is 0 Å². The third-order valence-corrected chi connectivity index (χ3v) is 0.612. The van der Waals surface area contributed by atoms with E-state index >= 15 is 0 Å². The van der Waals surface area contributed by atoms with Crippen molar-refractivity contribution in [2.45, 2.75) is 19.2 Å². The molecule has 2 radical (unpaired) electrons. The van der Waals surface area contributed by atoms with Gasteiger partial charge >= 0.3 is 0 Å². The maximum atomic E-state index is 5.17. The van der Waals surface area contributed by atoms with E-state index < -0.39 is 0 Å². The lowest BCUT2D eigenvalue weighted by atomic mass is 10.0. The molecule has 1 heteroatoms. The number of allylic oxidation sites excluding steroid dienone is 1. The molecule has 0 aliphatic carbocycles. The zero-order valence-corrected chi connectivity index (χ0v) is 3.98. The third-order valence-electron chi connectivity index (χ3n) is 0.612. The molecular weight excluding hydrogens is 70.9 g/mol. The van der Waals surface area contributed by atoms with Gasteiger partial charge in [0.25, 0.3) is 0 Å². The van der Waals surface area contributed by atoms with Crippen LogP contribution in [0.15, 0.2) is 12.7 Å². The fraction of sp³-hybridized carbons (Fsp3) is 0.600. The van der Waals surface area contributed by atoms with Crippen molar-refractivity contribution in [2.24, 2.45) is 0 Å². The van der Waals surface area contributed by atoms with E-state index in [9.17, 15) is 0 Å². The Morgan fingerprint density at radius 3 is 2.50 bits per heavy atom. The molecule has 0 rings (SSSR count). The number of hydrogen-bond donors (Lipinski definition) is 0. The molecule has 0 aromatic rings. The zero-order chi connectivity index (χ0) is 4.83. The predicted molar refractivity (Wildman–Crippen MR) is 30.0 cm³/mol. The molecule has 0 fully saturated rings. The van der Waals surface area contributed by atoms with Crippen molar-refractivity contribution in [3.05, 3.63) is 12.7 Å². The Hall–Kier alpha value is -0.195. The van der Waals surface area contributed by atoms with Crippen LogP contribution in [-0.4, -0.2) is 7.85 Å². The Kier molecular flexibility index (Phi) is 4.65. The number of rotatable bonds is 3. The average Bonchev–Trinajstić information content (AvgIpc) is 1.61. The minimum Gasteiger partial charge on any atom is -0.103 e. The monoisotopic (exact) mass is 80.1 g/mol. The van der Waals surface area contributed by atoms with Crippen LogP contribution in [0.4, 0.5) is 0 Å². The van der Waals surface area contributed by atoms with Crippen LogP contribution in [-0.2, 0) is 0 Å². The summed E-state index contributed by atoms with van der Waals surface area (Å²) in [5.74, 6) is 0. The van der Waals surface area contributed by atoms with Gasteiger partial charge in [-0.05, 0) is 6.42 Å². The first kappa shape index (κ1) is 5.80. The quantitative estimate of drug-likeness (QED) is 0.274. The SMILES string of the molecule is [B]CCCC=C. The van der Waals surface area contributed by atoms with Gasteiger partial charge in [0.1, 0.15) is 0 Å². The molecule has 0 heterocycles. The second-order valence-corrected chi connectivity index (χ2v) is 1.22. The molecule has 0 aromatic carbocycles. The van der Waals surface area contributed by atoms with Crippen molar-refractivity contribution < 1.29 is 0 Å². The van der Waals surface area contributed by atoms with Gasteiger partial charge in [0.15, 0.2) is 0 Å². The third kappa shape index (κ3) is 3.80.